The highest BCUT2D eigenvalue weighted by molar-refractivity contribution is 5.93. The standard InChI is InChI=1S/C13H13F2N3O3/c1-6-11(18-21-17-6)13(20)16-7(2)12(19)8-3-4-9(14)10(15)5-8/h3-5,7,12,19H,1-2H3,(H,16,20). The van der Waals surface area contributed by atoms with Gasteiger partial charge in [-0.25, -0.2) is 13.4 Å². The molecule has 0 aliphatic carbocycles. The smallest absolute Gasteiger partial charge is 0.275 e. The monoisotopic (exact) mass is 297 g/mol. The average molecular weight is 297 g/mol. The lowest BCUT2D eigenvalue weighted by Gasteiger charge is -2.20. The molecule has 2 N–H and O–H groups in total. The van der Waals surface area contributed by atoms with Crippen LogP contribution in [-0.4, -0.2) is 27.4 Å². The molecule has 0 radical (unpaired) electrons. The number of amides is 1. The van der Waals surface area contributed by atoms with Gasteiger partial charge in [-0.15, -0.1) is 0 Å². The van der Waals surface area contributed by atoms with E-state index in [1.54, 1.807) is 6.92 Å². The Balaban J connectivity index is 2.09. The zero-order valence-corrected chi connectivity index (χ0v) is 11.3. The molecule has 0 spiro atoms. The number of nitrogens with one attached hydrogen (secondary N) is 1. The van der Waals surface area contributed by atoms with Gasteiger partial charge in [0.2, 0.25) is 0 Å². The van der Waals surface area contributed by atoms with E-state index in [0.29, 0.717) is 5.69 Å². The second-order valence-electron chi connectivity index (χ2n) is 4.58. The molecule has 1 aromatic carbocycles. The van der Waals surface area contributed by atoms with E-state index >= 15 is 0 Å². The Morgan fingerprint density at radius 3 is 2.62 bits per heavy atom. The van der Waals surface area contributed by atoms with Crippen LogP contribution >= 0.6 is 0 Å². The third-order valence-electron chi connectivity index (χ3n) is 2.99. The van der Waals surface area contributed by atoms with Crippen molar-refractivity contribution in [3.8, 4) is 0 Å². The molecule has 0 aliphatic heterocycles. The van der Waals surface area contributed by atoms with Crippen LogP contribution in [0.5, 0.6) is 0 Å². The minimum Gasteiger partial charge on any atom is -0.386 e. The zero-order valence-electron chi connectivity index (χ0n) is 11.3. The van der Waals surface area contributed by atoms with Gasteiger partial charge in [0.1, 0.15) is 5.69 Å². The van der Waals surface area contributed by atoms with Gasteiger partial charge < -0.3 is 10.4 Å². The number of aromatic nitrogens is 2. The Hall–Kier alpha value is -2.35. The van der Waals surface area contributed by atoms with Crippen molar-refractivity contribution < 1.29 is 23.3 Å². The number of benzene rings is 1. The van der Waals surface area contributed by atoms with E-state index in [4.69, 9.17) is 0 Å². The molecule has 2 rings (SSSR count). The van der Waals surface area contributed by atoms with Crippen molar-refractivity contribution in [3.63, 3.8) is 0 Å². The van der Waals surface area contributed by atoms with Crippen LogP contribution in [0.15, 0.2) is 22.8 Å². The summed E-state index contributed by atoms with van der Waals surface area (Å²) in [4.78, 5) is 11.9. The number of hydrogen-bond acceptors (Lipinski definition) is 5. The molecule has 1 aromatic heterocycles. The van der Waals surface area contributed by atoms with Crippen molar-refractivity contribution >= 4 is 5.91 Å². The largest absolute Gasteiger partial charge is 0.386 e. The van der Waals surface area contributed by atoms with Crippen LogP contribution in [0.4, 0.5) is 8.78 Å². The second-order valence-corrected chi connectivity index (χ2v) is 4.58. The molecule has 6 nitrogen and oxygen atoms in total. The van der Waals surface area contributed by atoms with Crippen LogP contribution in [0, 0.1) is 18.6 Å². The molecular weight excluding hydrogens is 284 g/mol. The maximum absolute atomic E-state index is 13.1. The van der Waals surface area contributed by atoms with Gasteiger partial charge >= 0.3 is 0 Å². The number of aliphatic hydroxyl groups is 1. The van der Waals surface area contributed by atoms with E-state index in [-0.39, 0.29) is 11.3 Å². The number of aryl methyl sites for hydroxylation is 1. The van der Waals surface area contributed by atoms with Crippen molar-refractivity contribution in [1.82, 2.24) is 15.6 Å². The summed E-state index contributed by atoms with van der Waals surface area (Å²) in [5.74, 6) is -2.66. The van der Waals surface area contributed by atoms with E-state index in [1.165, 1.54) is 13.0 Å². The van der Waals surface area contributed by atoms with Crippen LogP contribution in [0.1, 0.15) is 34.8 Å². The van der Waals surface area contributed by atoms with Crippen molar-refractivity contribution in [2.24, 2.45) is 0 Å². The van der Waals surface area contributed by atoms with Gasteiger partial charge in [-0.05, 0) is 36.7 Å². The molecule has 1 heterocycles. The SMILES string of the molecule is Cc1nonc1C(=O)NC(C)C(O)c1ccc(F)c(F)c1. The van der Waals surface area contributed by atoms with E-state index < -0.39 is 29.7 Å². The molecule has 2 atom stereocenters. The number of carbonyl (C=O) groups is 1. The van der Waals surface area contributed by atoms with Gasteiger partial charge in [-0.2, -0.15) is 0 Å². The highest BCUT2D eigenvalue weighted by atomic mass is 19.2. The Kier molecular flexibility index (Phi) is 4.27. The van der Waals surface area contributed by atoms with Gasteiger partial charge in [-0.1, -0.05) is 11.2 Å². The minimum atomic E-state index is -1.20. The normalized spacial score (nSPS) is 13.8. The predicted octanol–water partition coefficient (Wildman–Crippen LogP) is 1.51. The summed E-state index contributed by atoms with van der Waals surface area (Å²) in [7, 11) is 0. The topological polar surface area (TPSA) is 88.2 Å². The van der Waals surface area contributed by atoms with Gasteiger partial charge in [0.15, 0.2) is 17.3 Å². The number of carbonyl (C=O) groups excluding carboxylic acids is 1. The summed E-state index contributed by atoms with van der Waals surface area (Å²) in [6.45, 7) is 3.06. The Morgan fingerprint density at radius 2 is 2.05 bits per heavy atom. The molecule has 0 saturated heterocycles. The first-order valence-corrected chi connectivity index (χ1v) is 6.13. The van der Waals surface area contributed by atoms with E-state index in [2.05, 4.69) is 20.3 Å². The molecular formula is C13H13F2N3O3. The zero-order chi connectivity index (χ0) is 15.6. The summed E-state index contributed by atoms with van der Waals surface area (Å²) in [6, 6.07) is 2.28. The van der Waals surface area contributed by atoms with Crippen LogP contribution in [0.2, 0.25) is 0 Å². The quantitative estimate of drug-likeness (QED) is 0.893. The third-order valence-corrected chi connectivity index (χ3v) is 2.99. The maximum Gasteiger partial charge on any atom is 0.275 e. The molecule has 0 aliphatic rings. The van der Waals surface area contributed by atoms with Crippen molar-refractivity contribution in [2.45, 2.75) is 26.0 Å². The third kappa shape index (κ3) is 3.22. The first-order chi connectivity index (χ1) is 9.90. The fourth-order valence-corrected chi connectivity index (χ4v) is 1.78. The molecule has 0 saturated carbocycles. The highest BCUT2D eigenvalue weighted by Crippen LogP contribution is 2.19. The van der Waals surface area contributed by atoms with Crippen molar-refractivity contribution in [2.75, 3.05) is 0 Å². The molecule has 112 valence electrons. The maximum atomic E-state index is 13.1. The summed E-state index contributed by atoms with van der Waals surface area (Å²) in [6.07, 6.45) is -1.20. The molecule has 21 heavy (non-hydrogen) atoms. The molecule has 1 amide bonds. The molecule has 8 heteroatoms. The second kappa shape index (κ2) is 5.96. The van der Waals surface area contributed by atoms with E-state index in [0.717, 1.165) is 12.1 Å². The van der Waals surface area contributed by atoms with Gasteiger partial charge in [0.25, 0.3) is 5.91 Å². The van der Waals surface area contributed by atoms with Gasteiger partial charge in [0.05, 0.1) is 12.1 Å². The molecule has 0 fully saturated rings. The van der Waals surface area contributed by atoms with Crippen LogP contribution in [-0.2, 0) is 0 Å². The number of aliphatic hydroxyl groups excluding tert-OH is 1. The van der Waals surface area contributed by atoms with Crippen LogP contribution < -0.4 is 5.32 Å². The van der Waals surface area contributed by atoms with Crippen LogP contribution in [0.3, 0.4) is 0 Å². The number of hydrogen-bond donors (Lipinski definition) is 2. The Morgan fingerprint density at radius 1 is 1.33 bits per heavy atom. The molecule has 0 bridgehead atoms. The lowest BCUT2D eigenvalue weighted by atomic mass is 10.0. The summed E-state index contributed by atoms with van der Waals surface area (Å²) in [5, 5.41) is 19.5. The minimum absolute atomic E-state index is 0.000614. The lowest BCUT2D eigenvalue weighted by molar-refractivity contribution is 0.0842. The van der Waals surface area contributed by atoms with E-state index in [1.807, 2.05) is 0 Å². The number of rotatable bonds is 4. The van der Waals surface area contributed by atoms with E-state index in [9.17, 15) is 18.7 Å². The average Bonchev–Trinajstić information content (AvgIpc) is 2.87. The van der Waals surface area contributed by atoms with Crippen molar-refractivity contribution in [1.29, 1.82) is 0 Å². The highest BCUT2D eigenvalue weighted by Gasteiger charge is 2.23. The molecule has 2 unspecified atom stereocenters. The van der Waals surface area contributed by atoms with Gasteiger partial charge in [-0.3, -0.25) is 4.79 Å². The lowest BCUT2D eigenvalue weighted by Crippen LogP contribution is -2.37. The number of nitrogens with zero attached hydrogens (tertiary/aromatic N) is 2. The first kappa shape index (κ1) is 15.0. The Labute approximate surface area is 118 Å². The Bertz CT molecular complexity index is 660. The van der Waals surface area contributed by atoms with Crippen LogP contribution in [0.25, 0.3) is 0 Å². The van der Waals surface area contributed by atoms with Gasteiger partial charge in [0, 0.05) is 0 Å². The molecule has 2 aromatic rings. The summed E-state index contributed by atoms with van der Waals surface area (Å²) in [5.41, 5.74) is 0.457. The predicted molar refractivity (Wildman–Crippen MR) is 67.3 cm³/mol. The fraction of sp³-hybridized carbons (Fsp3) is 0.308. The summed E-state index contributed by atoms with van der Waals surface area (Å²) >= 11 is 0. The first-order valence-electron chi connectivity index (χ1n) is 6.13. The fourth-order valence-electron chi connectivity index (χ4n) is 1.78. The summed E-state index contributed by atoms with van der Waals surface area (Å²) < 4.78 is 30.4. The van der Waals surface area contributed by atoms with Crippen molar-refractivity contribution in [3.05, 3.63) is 46.8 Å². The number of halogens is 2.